The summed E-state index contributed by atoms with van der Waals surface area (Å²) in [5.74, 6) is 0.253. The van der Waals surface area contributed by atoms with Crippen LogP contribution in [0.5, 0.6) is 0 Å². The van der Waals surface area contributed by atoms with Gasteiger partial charge in [0.2, 0.25) is 0 Å². The number of halogens is 3. The van der Waals surface area contributed by atoms with Crippen molar-refractivity contribution in [2.24, 2.45) is 0 Å². The predicted molar refractivity (Wildman–Crippen MR) is 129 cm³/mol. The molecule has 1 aromatic heterocycles. The lowest BCUT2D eigenvalue weighted by atomic mass is 9.98. The van der Waals surface area contributed by atoms with E-state index in [-0.39, 0.29) is 17.6 Å². The Morgan fingerprint density at radius 1 is 0.971 bits per heavy atom. The zero-order valence-electron chi connectivity index (χ0n) is 19.8. The molecule has 1 aliphatic heterocycles. The van der Waals surface area contributed by atoms with Crippen LogP contribution in [0.2, 0.25) is 0 Å². The monoisotopic (exact) mass is 483 g/mol. The average Bonchev–Trinajstić information content (AvgIpc) is 2.84. The Hall–Kier alpha value is -3.39. The average molecular weight is 484 g/mol. The molecule has 0 spiro atoms. The minimum atomic E-state index is -4.39. The van der Waals surface area contributed by atoms with Crippen LogP contribution >= 0.6 is 0 Å². The number of esters is 1. The normalized spacial score (nSPS) is 14.9. The largest absolute Gasteiger partial charge is 0.459 e. The summed E-state index contributed by atoms with van der Waals surface area (Å²) in [6, 6.07) is 16.4. The van der Waals surface area contributed by atoms with Gasteiger partial charge in [-0.25, -0.2) is 9.78 Å². The van der Waals surface area contributed by atoms with E-state index in [1.165, 1.54) is 12.1 Å². The van der Waals surface area contributed by atoms with Crippen molar-refractivity contribution < 1.29 is 22.7 Å². The van der Waals surface area contributed by atoms with E-state index in [1.807, 2.05) is 26.0 Å². The first-order valence-corrected chi connectivity index (χ1v) is 11.6. The number of hydrogen-bond donors (Lipinski definition) is 0. The number of nitrogens with zero attached hydrogens (tertiary/aromatic N) is 3. The maximum Gasteiger partial charge on any atom is 0.417 e. The smallest absolute Gasteiger partial charge is 0.417 e. The molecule has 0 amide bonds. The van der Waals surface area contributed by atoms with Gasteiger partial charge >= 0.3 is 12.1 Å². The van der Waals surface area contributed by atoms with Crippen LogP contribution in [0, 0.1) is 0 Å². The Kier molecular flexibility index (Phi) is 7.40. The Bertz CT molecular complexity index is 1150. The van der Waals surface area contributed by atoms with Crippen LogP contribution in [0.1, 0.15) is 35.3 Å². The molecule has 1 saturated heterocycles. The van der Waals surface area contributed by atoms with Gasteiger partial charge in [-0.15, -0.1) is 0 Å². The highest BCUT2D eigenvalue weighted by molar-refractivity contribution is 5.94. The van der Waals surface area contributed by atoms with E-state index in [1.54, 1.807) is 36.5 Å². The van der Waals surface area contributed by atoms with Gasteiger partial charge in [0, 0.05) is 38.9 Å². The summed E-state index contributed by atoms with van der Waals surface area (Å²) in [6.45, 7) is 7.27. The van der Waals surface area contributed by atoms with Crippen molar-refractivity contribution in [1.82, 2.24) is 9.88 Å². The molecule has 0 N–H and O–H groups in total. The molecule has 0 bridgehead atoms. The highest BCUT2D eigenvalue weighted by Gasteiger charge is 2.33. The third kappa shape index (κ3) is 6.00. The first kappa shape index (κ1) is 24.7. The number of aromatic nitrogens is 1. The number of benzene rings is 2. The van der Waals surface area contributed by atoms with E-state index in [9.17, 15) is 18.0 Å². The lowest BCUT2D eigenvalue weighted by molar-refractivity contribution is -0.137. The number of carbonyl (C=O) groups excluding carboxylic acids is 1. The molecule has 184 valence electrons. The number of alkyl halides is 3. The molecule has 1 aliphatic rings. The summed E-state index contributed by atoms with van der Waals surface area (Å²) in [5.41, 5.74) is 1.59. The third-order valence-corrected chi connectivity index (χ3v) is 5.92. The second-order valence-corrected chi connectivity index (χ2v) is 8.83. The van der Waals surface area contributed by atoms with Crippen LogP contribution in [0.15, 0.2) is 66.9 Å². The van der Waals surface area contributed by atoms with Crippen molar-refractivity contribution in [2.75, 3.05) is 31.1 Å². The summed E-state index contributed by atoms with van der Waals surface area (Å²) in [6.07, 6.45) is -2.93. The SMILES string of the molecule is CC(C)OC(=O)c1cccnc1N1CCN(Cc2ccc(-c3ccccc3C(F)(F)F)cc2)CC1. The Labute approximate surface area is 203 Å². The van der Waals surface area contributed by atoms with Crippen LogP contribution in [0.3, 0.4) is 0 Å². The maximum atomic E-state index is 13.4. The van der Waals surface area contributed by atoms with Crippen LogP contribution in [-0.2, 0) is 17.5 Å². The third-order valence-electron chi connectivity index (χ3n) is 5.92. The molecule has 0 atom stereocenters. The molecule has 35 heavy (non-hydrogen) atoms. The van der Waals surface area contributed by atoms with Crippen LogP contribution in [-0.4, -0.2) is 48.1 Å². The topological polar surface area (TPSA) is 45.7 Å². The summed E-state index contributed by atoms with van der Waals surface area (Å²) >= 11 is 0. The molecule has 5 nitrogen and oxygen atoms in total. The molecule has 0 unspecified atom stereocenters. The Morgan fingerprint density at radius 3 is 2.31 bits per heavy atom. The quantitative estimate of drug-likeness (QED) is 0.424. The number of piperazine rings is 1. The van der Waals surface area contributed by atoms with E-state index in [0.717, 1.165) is 24.7 Å². The fourth-order valence-electron chi connectivity index (χ4n) is 4.23. The van der Waals surface area contributed by atoms with Crippen molar-refractivity contribution in [2.45, 2.75) is 32.7 Å². The minimum Gasteiger partial charge on any atom is -0.459 e. The molecule has 0 saturated carbocycles. The molecule has 4 rings (SSSR count). The van der Waals surface area contributed by atoms with Gasteiger partial charge in [-0.1, -0.05) is 42.5 Å². The van der Waals surface area contributed by atoms with Gasteiger partial charge in [0.05, 0.1) is 11.7 Å². The molecule has 2 aromatic carbocycles. The van der Waals surface area contributed by atoms with Gasteiger partial charge in [0.25, 0.3) is 0 Å². The van der Waals surface area contributed by atoms with Gasteiger partial charge in [-0.2, -0.15) is 13.2 Å². The van der Waals surface area contributed by atoms with Crippen molar-refractivity contribution >= 4 is 11.8 Å². The predicted octanol–water partition coefficient (Wildman–Crippen LogP) is 5.65. The van der Waals surface area contributed by atoms with Crippen molar-refractivity contribution in [3.8, 4) is 11.1 Å². The number of rotatable bonds is 6. The molecule has 8 heteroatoms. The second kappa shape index (κ2) is 10.5. The molecule has 0 aliphatic carbocycles. The summed E-state index contributed by atoms with van der Waals surface area (Å²) < 4.78 is 45.4. The maximum absolute atomic E-state index is 13.4. The summed E-state index contributed by atoms with van der Waals surface area (Å²) in [5, 5.41) is 0. The molecular weight excluding hydrogens is 455 g/mol. The zero-order valence-corrected chi connectivity index (χ0v) is 19.8. The number of anilines is 1. The Balaban J connectivity index is 1.39. The fraction of sp³-hybridized carbons (Fsp3) is 0.333. The summed E-state index contributed by atoms with van der Waals surface area (Å²) in [7, 11) is 0. The second-order valence-electron chi connectivity index (χ2n) is 8.83. The number of pyridine rings is 1. The van der Waals surface area contributed by atoms with Crippen LogP contribution in [0.25, 0.3) is 11.1 Å². The first-order chi connectivity index (χ1) is 16.7. The molecular formula is C27H28F3N3O2. The lowest BCUT2D eigenvalue weighted by Crippen LogP contribution is -2.46. The first-order valence-electron chi connectivity index (χ1n) is 11.6. The number of hydrogen-bond acceptors (Lipinski definition) is 5. The van der Waals surface area contributed by atoms with Gasteiger partial charge in [0.1, 0.15) is 11.4 Å². The highest BCUT2D eigenvalue weighted by atomic mass is 19.4. The van der Waals surface area contributed by atoms with Crippen molar-refractivity contribution in [3.63, 3.8) is 0 Å². The van der Waals surface area contributed by atoms with E-state index in [2.05, 4.69) is 14.8 Å². The standard InChI is InChI=1S/C27H28F3N3O2/c1-19(2)35-26(34)23-7-5-13-31-25(23)33-16-14-32(15-17-33)18-20-9-11-21(12-10-20)22-6-3-4-8-24(22)27(28,29)30/h3-13,19H,14-18H2,1-2H3. The van der Waals surface area contributed by atoms with Gasteiger partial charge in [-0.3, -0.25) is 4.90 Å². The highest BCUT2D eigenvalue weighted by Crippen LogP contribution is 2.37. The molecule has 3 aromatic rings. The van der Waals surface area contributed by atoms with Gasteiger partial charge in [0.15, 0.2) is 0 Å². The van der Waals surface area contributed by atoms with Crippen LogP contribution in [0.4, 0.5) is 19.0 Å². The lowest BCUT2D eigenvalue weighted by Gasteiger charge is -2.36. The fourth-order valence-corrected chi connectivity index (χ4v) is 4.23. The van der Waals surface area contributed by atoms with E-state index in [4.69, 9.17) is 4.74 Å². The van der Waals surface area contributed by atoms with Crippen LogP contribution < -0.4 is 4.90 Å². The van der Waals surface area contributed by atoms with E-state index in [0.29, 0.717) is 36.6 Å². The van der Waals surface area contributed by atoms with Crippen molar-refractivity contribution in [3.05, 3.63) is 83.6 Å². The number of ether oxygens (including phenoxy) is 1. The van der Waals surface area contributed by atoms with E-state index >= 15 is 0 Å². The molecule has 0 radical (unpaired) electrons. The zero-order chi connectivity index (χ0) is 25.0. The van der Waals surface area contributed by atoms with Gasteiger partial charge < -0.3 is 9.64 Å². The Morgan fingerprint density at radius 2 is 1.66 bits per heavy atom. The van der Waals surface area contributed by atoms with Gasteiger partial charge in [-0.05, 0) is 48.7 Å². The van der Waals surface area contributed by atoms with E-state index < -0.39 is 11.7 Å². The number of carbonyl (C=O) groups is 1. The van der Waals surface area contributed by atoms with Crippen molar-refractivity contribution in [1.29, 1.82) is 0 Å². The summed E-state index contributed by atoms with van der Waals surface area (Å²) in [4.78, 5) is 21.3. The molecule has 2 heterocycles. The molecule has 1 fully saturated rings. The minimum absolute atomic E-state index is 0.183.